The summed E-state index contributed by atoms with van der Waals surface area (Å²) in [5.74, 6) is 0.859. The normalized spacial score (nSPS) is 12.2. The minimum absolute atomic E-state index is 0.139. The fraction of sp³-hybridized carbons (Fsp3) is 0.467. The lowest BCUT2D eigenvalue weighted by molar-refractivity contribution is 0.344. The SMILES string of the molecule is C=C(CC)COc1ccc(Cl)cc1CC(N)CC. The maximum atomic E-state index is 6.02. The molecule has 0 fully saturated rings. The molecule has 0 saturated heterocycles. The van der Waals surface area contributed by atoms with Gasteiger partial charge in [-0.05, 0) is 48.6 Å². The lowest BCUT2D eigenvalue weighted by atomic mass is 10.0. The van der Waals surface area contributed by atoms with Crippen molar-refractivity contribution in [2.75, 3.05) is 6.61 Å². The molecule has 3 heteroatoms. The third-order valence-electron chi connectivity index (χ3n) is 2.96. The van der Waals surface area contributed by atoms with Crippen molar-refractivity contribution >= 4 is 11.6 Å². The number of halogens is 1. The van der Waals surface area contributed by atoms with Crippen LogP contribution in [-0.2, 0) is 6.42 Å². The van der Waals surface area contributed by atoms with Gasteiger partial charge in [0, 0.05) is 11.1 Å². The summed E-state index contributed by atoms with van der Waals surface area (Å²) in [6.45, 7) is 8.63. The molecule has 0 radical (unpaired) electrons. The van der Waals surface area contributed by atoms with Gasteiger partial charge >= 0.3 is 0 Å². The van der Waals surface area contributed by atoms with E-state index in [2.05, 4.69) is 20.4 Å². The Morgan fingerprint density at radius 2 is 2.17 bits per heavy atom. The highest BCUT2D eigenvalue weighted by Gasteiger charge is 2.09. The van der Waals surface area contributed by atoms with Gasteiger partial charge in [0.05, 0.1) is 0 Å². The number of hydrogen-bond acceptors (Lipinski definition) is 2. The Balaban J connectivity index is 2.79. The van der Waals surface area contributed by atoms with E-state index in [1.165, 1.54) is 0 Å². The maximum Gasteiger partial charge on any atom is 0.123 e. The van der Waals surface area contributed by atoms with E-state index in [0.717, 1.165) is 41.2 Å². The molecule has 2 N–H and O–H groups in total. The van der Waals surface area contributed by atoms with E-state index in [0.29, 0.717) is 6.61 Å². The van der Waals surface area contributed by atoms with Crippen LogP contribution in [0.5, 0.6) is 5.75 Å². The second kappa shape index (κ2) is 7.45. The first-order valence-corrected chi connectivity index (χ1v) is 6.78. The quantitative estimate of drug-likeness (QED) is 0.759. The number of ether oxygens (including phenoxy) is 1. The standard InChI is InChI=1S/C15H22ClNO/c1-4-11(3)10-18-15-7-6-13(16)8-12(15)9-14(17)5-2/h6-8,14H,3-5,9-10,17H2,1-2H3. The van der Waals surface area contributed by atoms with Crippen LogP contribution in [-0.4, -0.2) is 12.6 Å². The fourth-order valence-corrected chi connectivity index (χ4v) is 1.75. The van der Waals surface area contributed by atoms with Gasteiger partial charge < -0.3 is 10.5 Å². The van der Waals surface area contributed by atoms with E-state index in [1.807, 2.05) is 18.2 Å². The Morgan fingerprint density at radius 1 is 1.44 bits per heavy atom. The molecule has 0 bridgehead atoms. The average Bonchev–Trinajstić information content (AvgIpc) is 2.37. The van der Waals surface area contributed by atoms with Crippen molar-refractivity contribution in [2.24, 2.45) is 5.73 Å². The predicted octanol–water partition coefficient (Wildman–Crippen LogP) is 3.96. The Morgan fingerprint density at radius 3 is 2.78 bits per heavy atom. The first kappa shape index (κ1) is 15.1. The molecular weight excluding hydrogens is 246 g/mol. The molecule has 1 aromatic rings. The summed E-state index contributed by atoms with van der Waals surface area (Å²) in [6, 6.07) is 5.82. The first-order chi connectivity index (χ1) is 8.56. The van der Waals surface area contributed by atoms with Gasteiger partial charge in [0.1, 0.15) is 12.4 Å². The third kappa shape index (κ3) is 4.71. The smallest absolute Gasteiger partial charge is 0.123 e. The summed E-state index contributed by atoms with van der Waals surface area (Å²) < 4.78 is 5.78. The van der Waals surface area contributed by atoms with Crippen LogP contribution in [0, 0.1) is 0 Å². The molecule has 18 heavy (non-hydrogen) atoms. The van der Waals surface area contributed by atoms with E-state index < -0.39 is 0 Å². The van der Waals surface area contributed by atoms with E-state index in [9.17, 15) is 0 Å². The minimum Gasteiger partial charge on any atom is -0.489 e. The third-order valence-corrected chi connectivity index (χ3v) is 3.20. The molecule has 1 rings (SSSR count). The highest BCUT2D eigenvalue weighted by molar-refractivity contribution is 6.30. The minimum atomic E-state index is 0.139. The molecule has 0 heterocycles. The Hall–Kier alpha value is -0.990. The van der Waals surface area contributed by atoms with Crippen molar-refractivity contribution in [1.82, 2.24) is 0 Å². The van der Waals surface area contributed by atoms with Gasteiger partial charge in [-0.15, -0.1) is 0 Å². The molecule has 100 valence electrons. The van der Waals surface area contributed by atoms with E-state index in [-0.39, 0.29) is 6.04 Å². The van der Waals surface area contributed by atoms with Crippen LogP contribution in [0.4, 0.5) is 0 Å². The van der Waals surface area contributed by atoms with Crippen LogP contribution in [0.25, 0.3) is 0 Å². The first-order valence-electron chi connectivity index (χ1n) is 6.40. The maximum absolute atomic E-state index is 6.02. The number of rotatable bonds is 7. The number of nitrogens with two attached hydrogens (primary N) is 1. The zero-order valence-corrected chi connectivity index (χ0v) is 12.0. The van der Waals surface area contributed by atoms with Crippen LogP contribution in [0.3, 0.4) is 0 Å². The van der Waals surface area contributed by atoms with Crippen molar-refractivity contribution in [1.29, 1.82) is 0 Å². The van der Waals surface area contributed by atoms with Crippen LogP contribution in [0.2, 0.25) is 5.02 Å². The molecule has 0 aromatic heterocycles. The van der Waals surface area contributed by atoms with Crippen LogP contribution in [0.15, 0.2) is 30.4 Å². The second-order valence-corrected chi connectivity index (χ2v) is 4.95. The molecule has 0 saturated carbocycles. The van der Waals surface area contributed by atoms with Gasteiger partial charge in [0.25, 0.3) is 0 Å². The molecule has 1 unspecified atom stereocenters. The Kier molecular flexibility index (Phi) is 6.23. The highest BCUT2D eigenvalue weighted by atomic mass is 35.5. The van der Waals surface area contributed by atoms with Crippen molar-refractivity contribution in [3.05, 3.63) is 40.9 Å². The zero-order chi connectivity index (χ0) is 13.5. The van der Waals surface area contributed by atoms with E-state index in [4.69, 9.17) is 22.1 Å². The molecular formula is C15H22ClNO. The summed E-state index contributed by atoms with van der Waals surface area (Å²) in [5, 5.41) is 0.718. The summed E-state index contributed by atoms with van der Waals surface area (Å²) in [4.78, 5) is 0. The molecule has 1 atom stereocenters. The second-order valence-electron chi connectivity index (χ2n) is 4.52. The van der Waals surface area contributed by atoms with Gasteiger partial charge in [-0.3, -0.25) is 0 Å². The lowest BCUT2D eigenvalue weighted by Crippen LogP contribution is -2.21. The van der Waals surface area contributed by atoms with E-state index in [1.54, 1.807) is 0 Å². The molecule has 0 aliphatic carbocycles. The molecule has 0 amide bonds. The van der Waals surface area contributed by atoms with Gasteiger partial charge in [-0.1, -0.05) is 32.0 Å². The average molecular weight is 268 g/mol. The molecule has 0 aliphatic heterocycles. The summed E-state index contributed by atoms with van der Waals surface area (Å²) in [6.07, 6.45) is 2.65. The van der Waals surface area contributed by atoms with Crippen molar-refractivity contribution in [3.63, 3.8) is 0 Å². The zero-order valence-electron chi connectivity index (χ0n) is 11.2. The van der Waals surface area contributed by atoms with Crippen molar-refractivity contribution in [3.8, 4) is 5.75 Å². The van der Waals surface area contributed by atoms with E-state index >= 15 is 0 Å². The van der Waals surface area contributed by atoms with Crippen LogP contribution < -0.4 is 10.5 Å². The molecule has 1 aromatic carbocycles. The topological polar surface area (TPSA) is 35.2 Å². The lowest BCUT2D eigenvalue weighted by Gasteiger charge is -2.15. The predicted molar refractivity (Wildman–Crippen MR) is 78.3 cm³/mol. The van der Waals surface area contributed by atoms with Crippen LogP contribution in [0.1, 0.15) is 32.3 Å². The van der Waals surface area contributed by atoms with Gasteiger partial charge in [0.2, 0.25) is 0 Å². The van der Waals surface area contributed by atoms with Gasteiger partial charge in [-0.25, -0.2) is 0 Å². The van der Waals surface area contributed by atoms with Gasteiger partial charge in [-0.2, -0.15) is 0 Å². The Bertz CT molecular complexity index is 403. The summed E-state index contributed by atoms with van der Waals surface area (Å²) >= 11 is 6.02. The largest absolute Gasteiger partial charge is 0.489 e. The molecule has 0 aliphatic rings. The van der Waals surface area contributed by atoms with Crippen molar-refractivity contribution in [2.45, 2.75) is 39.2 Å². The summed E-state index contributed by atoms with van der Waals surface area (Å²) in [5.41, 5.74) is 8.14. The molecule has 0 spiro atoms. The highest BCUT2D eigenvalue weighted by Crippen LogP contribution is 2.25. The molecule has 2 nitrogen and oxygen atoms in total. The van der Waals surface area contributed by atoms with Crippen LogP contribution >= 0.6 is 11.6 Å². The Labute approximate surface area is 115 Å². The number of benzene rings is 1. The number of hydrogen-bond donors (Lipinski definition) is 1. The fourth-order valence-electron chi connectivity index (χ4n) is 1.56. The van der Waals surface area contributed by atoms with Gasteiger partial charge in [0.15, 0.2) is 0 Å². The van der Waals surface area contributed by atoms with Crippen molar-refractivity contribution < 1.29 is 4.74 Å². The monoisotopic (exact) mass is 267 g/mol. The summed E-state index contributed by atoms with van der Waals surface area (Å²) in [7, 11) is 0.